The van der Waals surface area contributed by atoms with E-state index >= 15 is 0 Å². The maximum atomic E-state index is 13.0. The molecule has 2 aromatic rings. The molecule has 6 nitrogen and oxygen atoms in total. The number of ether oxygens (including phenoxy) is 3. The molecule has 4 heterocycles. The van der Waals surface area contributed by atoms with Crippen molar-refractivity contribution in [3.05, 3.63) is 59.7 Å². The van der Waals surface area contributed by atoms with Gasteiger partial charge in [-0.25, -0.2) is 0 Å². The van der Waals surface area contributed by atoms with Gasteiger partial charge in [-0.15, -0.1) is 0 Å². The molecule has 4 aliphatic heterocycles. The van der Waals surface area contributed by atoms with E-state index in [0.29, 0.717) is 26.2 Å². The molecule has 0 N–H and O–H groups in total. The summed E-state index contributed by atoms with van der Waals surface area (Å²) >= 11 is 0. The largest absolute Gasteiger partial charge is 0.486 e. The second kappa shape index (κ2) is 6.47. The molecule has 0 bridgehead atoms. The molecule has 29 heavy (non-hydrogen) atoms. The number of benzene rings is 2. The Balaban J connectivity index is 1.25. The number of likely N-dealkylation sites (tertiary alicyclic amines) is 1. The van der Waals surface area contributed by atoms with Gasteiger partial charge in [-0.05, 0) is 23.3 Å². The molecule has 0 aromatic heterocycles. The van der Waals surface area contributed by atoms with Crippen LogP contribution in [0, 0.1) is 0 Å². The minimum Gasteiger partial charge on any atom is -0.486 e. The summed E-state index contributed by atoms with van der Waals surface area (Å²) in [4.78, 5) is 17.5. The number of carbonyl (C=O) groups excluding carboxylic acids is 1. The second-order valence-electron chi connectivity index (χ2n) is 8.26. The third-order valence-corrected chi connectivity index (χ3v) is 6.74. The van der Waals surface area contributed by atoms with Gasteiger partial charge in [-0.2, -0.15) is 0 Å². The SMILES string of the molecule is O=C1C[C@H]2N(Cc3ccc4c(c3)OCCO4)CC[C@]23OC[C@@H](c2ccccc2)N13. The highest BCUT2D eigenvalue weighted by Gasteiger charge is 2.64. The molecule has 4 aliphatic rings. The van der Waals surface area contributed by atoms with Crippen LogP contribution in [-0.2, 0) is 16.1 Å². The zero-order valence-electron chi connectivity index (χ0n) is 16.3. The molecule has 1 spiro atoms. The minimum absolute atomic E-state index is 0.0166. The predicted molar refractivity (Wildman–Crippen MR) is 106 cm³/mol. The van der Waals surface area contributed by atoms with Crippen LogP contribution in [0.5, 0.6) is 11.5 Å². The van der Waals surface area contributed by atoms with Gasteiger partial charge in [0.15, 0.2) is 17.2 Å². The van der Waals surface area contributed by atoms with Crippen molar-refractivity contribution in [2.75, 3.05) is 26.4 Å². The maximum absolute atomic E-state index is 13.0. The molecular formula is C23H24N2O4. The van der Waals surface area contributed by atoms with Crippen molar-refractivity contribution >= 4 is 5.91 Å². The Hall–Kier alpha value is -2.57. The van der Waals surface area contributed by atoms with Crippen LogP contribution in [-0.4, -0.2) is 53.8 Å². The van der Waals surface area contributed by atoms with E-state index in [1.807, 2.05) is 29.2 Å². The first-order chi connectivity index (χ1) is 14.2. The van der Waals surface area contributed by atoms with E-state index in [4.69, 9.17) is 14.2 Å². The van der Waals surface area contributed by atoms with Gasteiger partial charge >= 0.3 is 0 Å². The van der Waals surface area contributed by atoms with Gasteiger partial charge < -0.3 is 19.1 Å². The Morgan fingerprint density at radius 3 is 2.72 bits per heavy atom. The van der Waals surface area contributed by atoms with Crippen molar-refractivity contribution < 1.29 is 19.0 Å². The van der Waals surface area contributed by atoms with E-state index in [1.54, 1.807) is 0 Å². The highest BCUT2D eigenvalue weighted by Crippen LogP contribution is 2.51. The fourth-order valence-corrected chi connectivity index (χ4v) is 5.46. The fourth-order valence-electron chi connectivity index (χ4n) is 5.46. The highest BCUT2D eigenvalue weighted by molar-refractivity contribution is 5.82. The van der Waals surface area contributed by atoms with Crippen molar-refractivity contribution in [1.29, 1.82) is 0 Å². The molecular weight excluding hydrogens is 368 g/mol. The number of carbonyl (C=O) groups is 1. The zero-order valence-corrected chi connectivity index (χ0v) is 16.3. The van der Waals surface area contributed by atoms with Crippen LogP contribution in [0.15, 0.2) is 48.5 Å². The smallest absolute Gasteiger partial charge is 0.227 e. The van der Waals surface area contributed by atoms with Crippen molar-refractivity contribution in [3.8, 4) is 11.5 Å². The Morgan fingerprint density at radius 2 is 1.86 bits per heavy atom. The summed E-state index contributed by atoms with van der Waals surface area (Å²) < 4.78 is 17.8. The minimum atomic E-state index is -0.481. The van der Waals surface area contributed by atoms with E-state index in [0.717, 1.165) is 36.6 Å². The summed E-state index contributed by atoms with van der Waals surface area (Å²) in [5.74, 6) is 1.83. The van der Waals surface area contributed by atoms with Gasteiger partial charge in [0.25, 0.3) is 0 Å². The predicted octanol–water partition coefficient (Wildman–Crippen LogP) is 2.73. The van der Waals surface area contributed by atoms with Crippen LogP contribution in [0.3, 0.4) is 0 Å². The first kappa shape index (κ1) is 17.3. The molecule has 3 saturated heterocycles. The van der Waals surface area contributed by atoms with E-state index in [1.165, 1.54) is 5.56 Å². The molecule has 150 valence electrons. The van der Waals surface area contributed by atoms with Crippen LogP contribution >= 0.6 is 0 Å². The van der Waals surface area contributed by atoms with Gasteiger partial charge in [-0.3, -0.25) is 9.69 Å². The fraction of sp³-hybridized carbons (Fsp3) is 0.435. The van der Waals surface area contributed by atoms with E-state index in [2.05, 4.69) is 29.2 Å². The monoisotopic (exact) mass is 392 g/mol. The third kappa shape index (κ3) is 2.59. The lowest BCUT2D eigenvalue weighted by Gasteiger charge is -2.33. The van der Waals surface area contributed by atoms with Crippen molar-refractivity contribution in [1.82, 2.24) is 9.80 Å². The summed E-state index contributed by atoms with van der Waals surface area (Å²) in [6.45, 7) is 3.46. The van der Waals surface area contributed by atoms with Gasteiger partial charge in [-0.1, -0.05) is 36.4 Å². The first-order valence-electron chi connectivity index (χ1n) is 10.4. The molecule has 6 heteroatoms. The highest BCUT2D eigenvalue weighted by atomic mass is 16.6. The number of hydrogen-bond acceptors (Lipinski definition) is 5. The molecule has 0 unspecified atom stereocenters. The Bertz CT molecular complexity index is 949. The lowest BCUT2D eigenvalue weighted by Crippen LogP contribution is -2.48. The standard InChI is InChI=1S/C23H24N2O4/c26-22-13-21-23(25(22)18(15-29-23)17-4-2-1-3-5-17)8-9-24(21)14-16-6-7-19-20(12-16)28-11-10-27-19/h1-7,12,18,21H,8-11,13-15H2/t18-,21+,23-/m0/s1. The molecule has 3 atom stereocenters. The topological polar surface area (TPSA) is 51.2 Å². The molecule has 0 aliphatic carbocycles. The quantitative estimate of drug-likeness (QED) is 0.804. The summed E-state index contributed by atoms with van der Waals surface area (Å²) in [7, 11) is 0. The van der Waals surface area contributed by atoms with Crippen LogP contribution in [0.2, 0.25) is 0 Å². The summed E-state index contributed by atoms with van der Waals surface area (Å²) in [5, 5.41) is 0. The lowest BCUT2D eigenvalue weighted by molar-refractivity contribution is -0.138. The van der Waals surface area contributed by atoms with Gasteiger partial charge in [0.1, 0.15) is 13.2 Å². The van der Waals surface area contributed by atoms with Gasteiger partial charge in [0.05, 0.1) is 18.7 Å². The summed E-state index contributed by atoms with van der Waals surface area (Å²) in [5.41, 5.74) is 1.85. The second-order valence-corrected chi connectivity index (χ2v) is 8.26. The summed E-state index contributed by atoms with van der Waals surface area (Å²) in [6, 6.07) is 16.5. The average molecular weight is 392 g/mol. The molecule has 1 amide bonds. The molecule has 2 aromatic carbocycles. The maximum Gasteiger partial charge on any atom is 0.227 e. The third-order valence-electron chi connectivity index (χ3n) is 6.74. The van der Waals surface area contributed by atoms with Crippen LogP contribution < -0.4 is 9.47 Å². The number of hydrogen-bond donors (Lipinski definition) is 0. The van der Waals surface area contributed by atoms with Crippen LogP contribution in [0.25, 0.3) is 0 Å². The average Bonchev–Trinajstić information content (AvgIpc) is 3.38. The van der Waals surface area contributed by atoms with Gasteiger partial charge in [0, 0.05) is 25.9 Å². The molecule has 3 fully saturated rings. The van der Waals surface area contributed by atoms with E-state index in [9.17, 15) is 4.79 Å². The van der Waals surface area contributed by atoms with Crippen molar-refractivity contribution in [3.63, 3.8) is 0 Å². The van der Waals surface area contributed by atoms with E-state index < -0.39 is 5.72 Å². The Labute approximate surface area is 170 Å². The van der Waals surface area contributed by atoms with E-state index in [-0.39, 0.29) is 18.0 Å². The lowest BCUT2D eigenvalue weighted by atomic mass is 10.0. The number of fused-ring (bicyclic) bond motifs is 1. The molecule has 6 rings (SSSR count). The van der Waals surface area contributed by atoms with Crippen molar-refractivity contribution in [2.24, 2.45) is 0 Å². The summed E-state index contributed by atoms with van der Waals surface area (Å²) in [6.07, 6.45) is 1.38. The number of nitrogens with zero attached hydrogens (tertiary/aromatic N) is 2. The van der Waals surface area contributed by atoms with Crippen LogP contribution in [0.1, 0.15) is 30.0 Å². The van der Waals surface area contributed by atoms with Crippen molar-refractivity contribution in [2.45, 2.75) is 37.2 Å². The first-order valence-corrected chi connectivity index (χ1v) is 10.4. The molecule has 0 radical (unpaired) electrons. The van der Waals surface area contributed by atoms with Gasteiger partial charge in [0.2, 0.25) is 5.91 Å². The number of amides is 1. The van der Waals surface area contributed by atoms with Crippen LogP contribution in [0.4, 0.5) is 0 Å². The zero-order chi connectivity index (χ0) is 19.4. The molecule has 0 saturated carbocycles. The normalized spacial score (nSPS) is 30.5. The Kier molecular flexibility index (Phi) is 3.86. The Morgan fingerprint density at radius 1 is 1.03 bits per heavy atom. The number of rotatable bonds is 3.